The van der Waals surface area contributed by atoms with E-state index in [1.165, 1.54) is 0 Å². The minimum Gasteiger partial charge on any atom is -0.460 e. The highest BCUT2D eigenvalue weighted by Crippen LogP contribution is 2.03. The molecular formula is C19H36O7. The van der Waals surface area contributed by atoms with Gasteiger partial charge in [0.05, 0.1) is 56.9 Å². The molecule has 0 spiro atoms. The molecule has 0 aromatic rings. The fraction of sp³-hybridized carbons (Fsp3) is 0.842. The first-order valence-electron chi connectivity index (χ1n) is 9.08. The maximum Gasteiger partial charge on any atom is 0.333 e. The number of carbonyl (C=O) groups excluding carboxylic acids is 1. The van der Waals surface area contributed by atoms with Crippen molar-refractivity contribution in [1.82, 2.24) is 0 Å². The number of hydrogen-bond donors (Lipinski definition) is 1. The summed E-state index contributed by atoms with van der Waals surface area (Å²) in [6, 6.07) is 0. The van der Waals surface area contributed by atoms with E-state index in [0.29, 0.717) is 32.0 Å². The first-order valence-corrected chi connectivity index (χ1v) is 9.08. The Balaban J connectivity index is 3.78. The normalized spacial score (nSPS) is 17.2. The second-order valence-corrected chi connectivity index (χ2v) is 6.80. The number of aliphatic hydroxyl groups is 1. The van der Waals surface area contributed by atoms with Gasteiger partial charge >= 0.3 is 5.97 Å². The van der Waals surface area contributed by atoms with Crippen molar-refractivity contribution in [1.29, 1.82) is 0 Å². The molecule has 0 aromatic carbocycles. The van der Waals surface area contributed by atoms with E-state index in [9.17, 15) is 9.90 Å². The monoisotopic (exact) mass is 376 g/mol. The van der Waals surface area contributed by atoms with Crippen LogP contribution in [0, 0.1) is 0 Å². The summed E-state index contributed by atoms with van der Waals surface area (Å²) in [6.45, 7) is 16.1. The SMILES string of the molecule is C=C(C)C(=O)OCC(C)OCC(C)OCC(C)OCC(C)OCC(C)O. The van der Waals surface area contributed by atoms with E-state index >= 15 is 0 Å². The summed E-state index contributed by atoms with van der Waals surface area (Å²) < 4.78 is 27.4. The zero-order valence-electron chi connectivity index (χ0n) is 17.0. The van der Waals surface area contributed by atoms with Crippen LogP contribution in [0.15, 0.2) is 12.2 Å². The summed E-state index contributed by atoms with van der Waals surface area (Å²) in [5.41, 5.74) is 0.369. The van der Waals surface area contributed by atoms with Crippen molar-refractivity contribution >= 4 is 5.97 Å². The van der Waals surface area contributed by atoms with Crippen molar-refractivity contribution in [2.24, 2.45) is 0 Å². The maximum absolute atomic E-state index is 11.3. The van der Waals surface area contributed by atoms with Crippen LogP contribution in [-0.2, 0) is 28.5 Å². The van der Waals surface area contributed by atoms with Gasteiger partial charge in [0.1, 0.15) is 6.61 Å². The predicted octanol–water partition coefficient (Wildman–Crippen LogP) is 2.11. The maximum atomic E-state index is 11.3. The zero-order chi connectivity index (χ0) is 20.1. The first kappa shape index (κ1) is 25.0. The highest BCUT2D eigenvalue weighted by Gasteiger charge is 2.13. The van der Waals surface area contributed by atoms with E-state index in [-0.39, 0.29) is 31.0 Å². The Morgan fingerprint density at radius 2 is 1.12 bits per heavy atom. The fourth-order valence-electron chi connectivity index (χ4n) is 1.71. The lowest BCUT2D eigenvalue weighted by molar-refractivity contribution is -0.144. The van der Waals surface area contributed by atoms with Crippen LogP contribution in [0.25, 0.3) is 0 Å². The highest BCUT2D eigenvalue weighted by molar-refractivity contribution is 5.86. The van der Waals surface area contributed by atoms with E-state index in [1.807, 2.05) is 27.7 Å². The zero-order valence-corrected chi connectivity index (χ0v) is 17.0. The van der Waals surface area contributed by atoms with E-state index in [4.69, 9.17) is 23.7 Å². The summed E-state index contributed by atoms with van der Waals surface area (Å²) in [4.78, 5) is 11.3. The molecule has 0 amide bonds. The van der Waals surface area contributed by atoms with Gasteiger partial charge in [0, 0.05) is 5.57 Å². The second-order valence-electron chi connectivity index (χ2n) is 6.80. The average Bonchev–Trinajstić information content (AvgIpc) is 2.58. The topological polar surface area (TPSA) is 83.5 Å². The number of hydrogen-bond acceptors (Lipinski definition) is 7. The summed E-state index contributed by atoms with van der Waals surface area (Å²) in [5.74, 6) is -0.414. The van der Waals surface area contributed by atoms with E-state index in [0.717, 1.165) is 0 Å². The van der Waals surface area contributed by atoms with Crippen molar-refractivity contribution in [3.05, 3.63) is 12.2 Å². The Kier molecular flexibility index (Phi) is 13.6. The molecule has 154 valence electrons. The van der Waals surface area contributed by atoms with Crippen molar-refractivity contribution in [2.45, 2.75) is 72.1 Å². The van der Waals surface area contributed by atoms with E-state index in [2.05, 4.69) is 6.58 Å². The molecule has 0 rings (SSSR count). The molecule has 0 heterocycles. The Bertz CT molecular complexity index is 397. The minimum atomic E-state index is -0.481. The van der Waals surface area contributed by atoms with Crippen LogP contribution in [0.3, 0.4) is 0 Å². The van der Waals surface area contributed by atoms with Gasteiger partial charge in [0.25, 0.3) is 0 Å². The van der Waals surface area contributed by atoms with Crippen molar-refractivity contribution in [3.63, 3.8) is 0 Å². The Morgan fingerprint density at radius 3 is 1.46 bits per heavy atom. The van der Waals surface area contributed by atoms with Crippen LogP contribution >= 0.6 is 0 Å². The third-order valence-corrected chi connectivity index (χ3v) is 3.27. The van der Waals surface area contributed by atoms with Gasteiger partial charge in [-0.1, -0.05) is 6.58 Å². The minimum absolute atomic E-state index is 0.0796. The lowest BCUT2D eigenvalue weighted by Crippen LogP contribution is -2.29. The summed E-state index contributed by atoms with van der Waals surface area (Å²) in [5, 5.41) is 9.17. The van der Waals surface area contributed by atoms with Crippen LogP contribution in [0.1, 0.15) is 41.5 Å². The molecule has 0 saturated heterocycles. The largest absolute Gasteiger partial charge is 0.460 e. The lowest BCUT2D eigenvalue weighted by atomic mass is 10.3. The van der Waals surface area contributed by atoms with Gasteiger partial charge in [-0.2, -0.15) is 0 Å². The Hall–Kier alpha value is -0.990. The molecule has 0 aliphatic carbocycles. The van der Waals surface area contributed by atoms with Crippen LogP contribution in [0.4, 0.5) is 0 Å². The van der Waals surface area contributed by atoms with Gasteiger partial charge in [-0.25, -0.2) is 4.79 Å². The van der Waals surface area contributed by atoms with Crippen LogP contribution in [0.5, 0.6) is 0 Å². The number of rotatable bonds is 15. The molecule has 0 fully saturated rings. The lowest BCUT2D eigenvalue weighted by Gasteiger charge is -2.21. The smallest absolute Gasteiger partial charge is 0.333 e. The molecule has 1 N–H and O–H groups in total. The van der Waals surface area contributed by atoms with Gasteiger partial charge in [-0.05, 0) is 41.5 Å². The molecule has 7 heteroatoms. The van der Waals surface area contributed by atoms with Crippen molar-refractivity contribution in [2.75, 3.05) is 33.0 Å². The predicted molar refractivity (Wildman–Crippen MR) is 99.1 cm³/mol. The number of esters is 1. The molecule has 0 aliphatic heterocycles. The molecule has 0 aromatic heterocycles. The van der Waals surface area contributed by atoms with Crippen molar-refractivity contribution in [3.8, 4) is 0 Å². The van der Waals surface area contributed by atoms with Gasteiger partial charge in [-0.3, -0.25) is 0 Å². The van der Waals surface area contributed by atoms with Crippen LogP contribution < -0.4 is 0 Å². The summed E-state index contributed by atoms with van der Waals surface area (Å²) >= 11 is 0. The molecule has 7 nitrogen and oxygen atoms in total. The standard InChI is InChI=1S/C19H36O7/c1-13(2)19(21)26-12-18(7)25-11-17(6)24-10-16(5)23-9-15(4)22-8-14(3)20/h14-18,20H,1,8-12H2,2-7H3. The molecule has 0 radical (unpaired) electrons. The third kappa shape index (κ3) is 14.2. The van der Waals surface area contributed by atoms with Gasteiger partial charge in [-0.15, -0.1) is 0 Å². The first-order chi connectivity index (χ1) is 12.1. The number of ether oxygens (including phenoxy) is 5. The van der Waals surface area contributed by atoms with Crippen LogP contribution in [0.2, 0.25) is 0 Å². The third-order valence-electron chi connectivity index (χ3n) is 3.27. The Labute approximate surface area is 157 Å². The number of aliphatic hydroxyl groups excluding tert-OH is 1. The molecule has 5 atom stereocenters. The van der Waals surface area contributed by atoms with Gasteiger partial charge in [0.15, 0.2) is 0 Å². The quantitative estimate of drug-likeness (QED) is 0.346. The summed E-state index contributed by atoms with van der Waals surface area (Å²) in [6.07, 6.45) is -0.973. The molecule has 0 aliphatic rings. The highest BCUT2D eigenvalue weighted by atomic mass is 16.6. The molecule has 26 heavy (non-hydrogen) atoms. The fourth-order valence-corrected chi connectivity index (χ4v) is 1.71. The van der Waals surface area contributed by atoms with Gasteiger partial charge in [0.2, 0.25) is 0 Å². The second kappa shape index (κ2) is 14.1. The molecule has 0 bridgehead atoms. The molecule has 0 saturated carbocycles. The number of carbonyl (C=O) groups is 1. The Morgan fingerprint density at radius 1 is 0.769 bits per heavy atom. The molecule has 5 unspecified atom stereocenters. The van der Waals surface area contributed by atoms with E-state index in [1.54, 1.807) is 13.8 Å². The van der Waals surface area contributed by atoms with Crippen LogP contribution in [-0.4, -0.2) is 74.6 Å². The molecular weight excluding hydrogens is 340 g/mol. The van der Waals surface area contributed by atoms with E-state index < -0.39 is 12.1 Å². The van der Waals surface area contributed by atoms with Gasteiger partial charge < -0.3 is 28.8 Å². The van der Waals surface area contributed by atoms with Crippen molar-refractivity contribution < 1.29 is 33.6 Å². The average molecular weight is 376 g/mol. The summed E-state index contributed by atoms with van der Waals surface area (Å²) in [7, 11) is 0.